The van der Waals surface area contributed by atoms with E-state index in [4.69, 9.17) is 4.74 Å². The normalized spacial score (nSPS) is 20.1. The third kappa shape index (κ3) is 3.62. The highest BCUT2D eigenvalue weighted by atomic mass is 32.1. The van der Waals surface area contributed by atoms with Gasteiger partial charge in [0.15, 0.2) is 0 Å². The van der Waals surface area contributed by atoms with Crippen LogP contribution in [-0.2, 0) is 17.7 Å². The molecule has 5 heteroatoms. The molecule has 106 valence electrons. The van der Waals surface area contributed by atoms with Gasteiger partial charge in [-0.1, -0.05) is 6.07 Å². The second-order valence-electron chi connectivity index (χ2n) is 5.15. The second kappa shape index (κ2) is 6.43. The van der Waals surface area contributed by atoms with Crippen LogP contribution in [0, 0.1) is 6.92 Å². The van der Waals surface area contributed by atoms with Crippen molar-refractivity contribution >= 4 is 11.3 Å². The Kier molecular flexibility index (Phi) is 4.40. The number of hydrogen-bond donors (Lipinski definition) is 0. The minimum absolute atomic E-state index is 0.257. The van der Waals surface area contributed by atoms with Crippen LogP contribution in [-0.4, -0.2) is 40.7 Å². The highest BCUT2D eigenvalue weighted by Crippen LogP contribution is 2.15. The van der Waals surface area contributed by atoms with E-state index in [1.165, 1.54) is 11.3 Å². The lowest BCUT2D eigenvalue weighted by Crippen LogP contribution is -2.42. The number of aryl methyl sites for hydroxylation is 1. The Morgan fingerprint density at radius 1 is 1.50 bits per heavy atom. The van der Waals surface area contributed by atoms with E-state index in [0.29, 0.717) is 0 Å². The summed E-state index contributed by atoms with van der Waals surface area (Å²) in [5.41, 5.74) is 2.42. The van der Waals surface area contributed by atoms with Gasteiger partial charge in [0.25, 0.3) is 0 Å². The highest BCUT2D eigenvalue weighted by Gasteiger charge is 2.21. The van der Waals surface area contributed by atoms with Gasteiger partial charge in [-0.05, 0) is 18.6 Å². The molecule has 1 atom stereocenters. The van der Waals surface area contributed by atoms with Gasteiger partial charge >= 0.3 is 0 Å². The SMILES string of the molecule is Cc1nc(CN2CCO[C@@H](Cc3cccnc3)C2)cs1. The van der Waals surface area contributed by atoms with Crippen molar-refractivity contribution in [1.82, 2.24) is 14.9 Å². The molecule has 2 aromatic rings. The summed E-state index contributed by atoms with van der Waals surface area (Å²) in [4.78, 5) is 11.1. The van der Waals surface area contributed by atoms with E-state index in [-0.39, 0.29) is 6.10 Å². The number of ether oxygens (including phenoxy) is 1. The van der Waals surface area contributed by atoms with Gasteiger partial charge in [-0.15, -0.1) is 11.3 Å². The minimum Gasteiger partial charge on any atom is -0.375 e. The summed E-state index contributed by atoms with van der Waals surface area (Å²) in [5, 5.41) is 3.29. The average molecular weight is 289 g/mol. The standard InChI is InChI=1S/C15H19N3OS/c1-12-17-14(11-20-12)9-18-5-6-19-15(10-18)7-13-3-2-4-16-8-13/h2-4,8,11,15H,5-7,9-10H2,1H3/t15-/m0/s1. The number of thiazole rings is 1. The molecule has 1 fully saturated rings. The van der Waals surface area contributed by atoms with Crippen molar-refractivity contribution in [2.45, 2.75) is 26.0 Å². The number of aromatic nitrogens is 2. The molecule has 0 N–H and O–H groups in total. The molecule has 0 bridgehead atoms. The van der Waals surface area contributed by atoms with E-state index >= 15 is 0 Å². The molecule has 0 aliphatic carbocycles. The van der Waals surface area contributed by atoms with Crippen molar-refractivity contribution in [2.24, 2.45) is 0 Å². The summed E-state index contributed by atoms with van der Waals surface area (Å²) in [5.74, 6) is 0. The molecule has 20 heavy (non-hydrogen) atoms. The molecule has 2 aromatic heterocycles. The molecule has 3 heterocycles. The van der Waals surface area contributed by atoms with Crippen molar-refractivity contribution in [3.63, 3.8) is 0 Å². The van der Waals surface area contributed by atoms with Gasteiger partial charge in [-0.3, -0.25) is 9.88 Å². The molecule has 0 radical (unpaired) electrons. The van der Waals surface area contributed by atoms with Gasteiger partial charge in [0, 0.05) is 43.8 Å². The number of nitrogens with zero attached hydrogens (tertiary/aromatic N) is 3. The van der Waals surface area contributed by atoms with Crippen molar-refractivity contribution < 1.29 is 4.74 Å². The average Bonchev–Trinajstić information content (AvgIpc) is 2.86. The Hall–Kier alpha value is -1.30. The van der Waals surface area contributed by atoms with Gasteiger partial charge in [0.05, 0.1) is 23.4 Å². The van der Waals surface area contributed by atoms with Crippen LogP contribution in [0.5, 0.6) is 0 Å². The zero-order chi connectivity index (χ0) is 13.8. The largest absolute Gasteiger partial charge is 0.375 e. The first kappa shape index (κ1) is 13.7. The number of morpholine rings is 1. The van der Waals surface area contributed by atoms with Crippen LogP contribution < -0.4 is 0 Å². The number of rotatable bonds is 4. The van der Waals surface area contributed by atoms with Crippen LogP contribution >= 0.6 is 11.3 Å². The smallest absolute Gasteiger partial charge is 0.0897 e. The molecular weight excluding hydrogens is 270 g/mol. The van der Waals surface area contributed by atoms with Gasteiger partial charge in [-0.25, -0.2) is 4.98 Å². The van der Waals surface area contributed by atoms with Crippen molar-refractivity contribution in [3.8, 4) is 0 Å². The summed E-state index contributed by atoms with van der Waals surface area (Å²) in [6, 6.07) is 4.09. The second-order valence-corrected chi connectivity index (χ2v) is 6.21. The van der Waals surface area contributed by atoms with Gasteiger partial charge in [-0.2, -0.15) is 0 Å². The Morgan fingerprint density at radius 2 is 2.45 bits per heavy atom. The molecule has 0 saturated carbocycles. The van der Waals surface area contributed by atoms with E-state index in [0.717, 1.165) is 37.7 Å². The zero-order valence-electron chi connectivity index (χ0n) is 11.7. The molecule has 1 aliphatic heterocycles. The summed E-state index contributed by atoms with van der Waals surface area (Å²) in [6.07, 6.45) is 4.92. The fourth-order valence-electron chi connectivity index (χ4n) is 2.54. The molecule has 1 saturated heterocycles. The van der Waals surface area contributed by atoms with Crippen LogP contribution in [0.15, 0.2) is 29.9 Å². The summed E-state index contributed by atoms with van der Waals surface area (Å²) < 4.78 is 5.87. The Labute approximate surface area is 123 Å². The lowest BCUT2D eigenvalue weighted by Gasteiger charge is -2.32. The maximum atomic E-state index is 5.87. The molecule has 1 aliphatic rings. The molecule has 0 aromatic carbocycles. The van der Waals surface area contributed by atoms with Crippen molar-refractivity contribution in [2.75, 3.05) is 19.7 Å². The van der Waals surface area contributed by atoms with Crippen LogP contribution in [0.2, 0.25) is 0 Å². The van der Waals surface area contributed by atoms with Crippen LogP contribution in [0.25, 0.3) is 0 Å². The van der Waals surface area contributed by atoms with Gasteiger partial charge in [0.2, 0.25) is 0 Å². The molecular formula is C15H19N3OS. The topological polar surface area (TPSA) is 38.2 Å². The minimum atomic E-state index is 0.257. The van der Waals surface area contributed by atoms with Crippen LogP contribution in [0.4, 0.5) is 0 Å². The molecule has 0 unspecified atom stereocenters. The van der Waals surface area contributed by atoms with E-state index in [1.54, 1.807) is 11.3 Å². The first-order valence-electron chi connectivity index (χ1n) is 6.93. The van der Waals surface area contributed by atoms with Gasteiger partial charge < -0.3 is 4.74 Å². The predicted molar refractivity (Wildman–Crippen MR) is 79.8 cm³/mol. The molecule has 4 nitrogen and oxygen atoms in total. The molecule has 0 spiro atoms. The number of hydrogen-bond acceptors (Lipinski definition) is 5. The molecule has 0 amide bonds. The van der Waals surface area contributed by atoms with E-state index in [2.05, 4.69) is 33.2 Å². The third-order valence-electron chi connectivity index (χ3n) is 3.46. The van der Waals surface area contributed by atoms with Crippen molar-refractivity contribution in [1.29, 1.82) is 0 Å². The van der Waals surface area contributed by atoms with Crippen LogP contribution in [0.3, 0.4) is 0 Å². The third-order valence-corrected chi connectivity index (χ3v) is 4.28. The first-order chi connectivity index (χ1) is 9.79. The fraction of sp³-hybridized carbons (Fsp3) is 0.467. The van der Waals surface area contributed by atoms with Crippen LogP contribution in [0.1, 0.15) is 16.3 Å². The van der Waals surface area contributed by atoms with E-state index in [9.17, 15) is 0 Å². The quantitative estimate of drug-likeness (QED) is 0.865. The van der Waals surface area contributed by atoms with Crippen molar-refractivity contribution in [3.05, 3.63) is 46.2 Å². The Morgan fingerprint density at radius 3 is 3.20 bits per heavy atom. The number of pyridine rings is 1. The van der Waals surface area contributed by atoms with E-state index < -0.39 is 0 Å². The highest BCUT2D eigenvalue weighted by molar-refractivity contribution is 7.09. The Balaban J connectivity index is 1.56. The van der Waals surface area contributed by atoms with E-state index in [1.807, 2.05) is 18.5 Å². The fourth-order valence-corrected chi connectivity index (χ4v) is 3.14. The Bertz CT molecular complexity index is 543. The summed E-state index contributed by atoms with van der Waals surface area (Å²) >= 11 is 1.72. The first-order valence-corrected chi connectivity index (χ1v) is 7.81. The predicted octanol–water partition coefficient (Wildman–Crippen LogP) is 2.29. The lowest BCUT2D eigenvalue weighted by molar-refractivity contribution is -0.0308. The maximum Gasteiger partial charge on any atom is 0.0897 e. The lowest BCUT2D eigenvalue weighted by atomic mass is 10.1. The molecule has 3 rings (SSSR count). The van der Waals surface area contributed by atoms with Gasteiger partial charge in [0.1, 0.15) is 0 Å². The summed E-state index contributed by atoms with van der Waals surface area (Å²) in [7, 11) is 0. The maximum absolute atomic E-state index is 5.87. The summed E-state index contributed by atoms with van der Waals surface area (Å²) in [6.45, 7) is 5.73. The monoisotopic (exact) mass is 289 g/mol. The zero-order valence-corrected chi connectivity index (χ0v) is 12.5.